The van der Waals surface area contributed by atoms with Crippen LogP contribution < -0.4 is 9.64 Å². The summed E-state index contributed by atoms with van der Waals surface area (Å²) in [6, 6.07) is 2.43. The van der Waals surface area contributed by atoms with E-state index in [1.165, 1.54) is 30.7 Å². The Hall–Kier alpha value is -2.11. The van der Waals surface area contributed by atoms with Crippen molar-refractivity contribution >= 4 is 5.82 Å². The van der Waals surface area contributed by atoms with Gasteiger partial charge in [0.2, 0.25) is 5.88 Å². The Morgan fingerprint density at radius 3 is 3.04 bits per heavy atom. The van der Waals surface area contributed by atoms with Gasteiger partial charge in [-0.05, 0) is 39.0 Å². The Morgan fingerprint density at radius 1 is 1.22 bits per heavy atom. The summed E-state index contributed by atoms with van der Waals surface area (Å²) in [5, 5.41) is 0. The van der Waals surface area contributed by atoms with Gasteiger partial charge in [-0.1, -0.05) is 0 Å². The van der Waals surface area contributed by atoms with Gasteiger partial charge in [-0.2, -0.15) is 0 Å². The van der Waals surface area contributed by atoms with E-state index in [4.69, 9.17) is 4.74 Å². The molecule has 6 heteroatoms. The highest BCUT2D eigenvalue weighted by molar-refractivity contribution is 5.42. The Morgan fingerprint density at radius 2 is 2.13 bits per heavy atom. The molecule has 0 aromatic carbocycles. The molecular weight excluding hydrogens is 290 g/mol. The first-order valence-electron chi connectivity index (χ1n) is 8.59. The molecule has 0 saturated carbocycles. The summed E-state index contributed by atoms with van der Waals surface area (Å²) in [6.45, 7) is 4.59. The number of aryl methyl sites for hydroxylation is 1. The summed E-state index contributed by atoms with van der Waals surface area (Å²) in [6.07, 6.45) is 9.66. The number of imidazole rings is 1. The van der Waals surface area contributed by atoms with Crippen LogP contribution in [-0.4, -0.2) is 39.2 Å². The molecular formula is C17H23N5O. The van der Waals surface area contributed by atoms with Gasteiger partial charge >= 0.3 is 0 Å². The van der Waals surface area contributed by atoms with E-state index in [1.807, 2.05) is 13.0 Å². The molecule has 1 saturated heterocycles. The Bertz CT molecular complexity index is 683. The van der Waals surface area contributed by atoms with Gasteiger partial charge in [0.05, 0.1) is 24.7 Å². The number of nitrogens with zero attached hydrogens (tertiary/aromatic N) is 5. The van der Waals surface area contributed by atoms with E-state index in [1.54, 1.807) is 6.33 Å². The third-order valence-electron chi connectivity index (χ3n) is 4.86. The lowest BCUT2D eigenvalue weighted by Crippen LogP contribution is -2.22. The highest BCUT2D eigenvalue weighted by Gasteiger charge is 2.28. The topological polar surface area (TPSA) is 56.1 Å². The van der Waals surface area contributed by atoms with E-state index < -0.39 is 0 Å². The van der Waals surface area contributed by atoms with Crippen LogP contribution in [0.3, 0.4) is 0 Å². The van der Waals surface area contributed by atoms with Crippen molar-refractivity contribution in [3.8, 4) is 5.88 Å². The normalized spacial score (nSPS) is 20.6. The third-order valence-corrected chi connectivity index (χ3v) is 4.86. The first-order valence-corrected chi connectivity index (χ1v) is 8.59. The molecule has 0 unspecified atom stereocenters. The molecule has 2 aliphatic rings. The number of hydrogen-bond acceptors (Lipinski definition) is 5. The van der Waals surface area contributed by atoms with Gasteiger partial charge in [0.1, 0.15) is 12.1 Å². The van der Waals surface area contributed by atoms with Crippen LogP contribution in [0.25, 0.3) is 0 Å². The second-order valence-corrected chi connectivity index (χ2v) is 6.29. The fraction of sp³-hybridized carbons (Fsp3) is 0.588. The summed E-state index contributed by atoms with van der Waals surface area (Å²) in [4.78, 5) is 15.5. The first-order chi connectivity index (χ1) is 11.3. The molecule has 0 radical (unpaired) electrons. The predicted octanol–water partition coefficient (Wildman–Crippen LogP) is 2.40. The van der Waals surface area contributed by atoms with Crippen LogP contribution in [0.1, 0.15) is 43.6 Å². The van der Waals surface area contributed by atoms with E-state index in [0.717, 1.165) is 31.7 Å². The monoisotopic (exact) mass is 313 g/mol. The van der Waals surface area contributed by atoms with E-state index in [0.29, 0.717) is 18.5 Å². The minimum atomic E-state index is 0.495. The minimum absolute atomic E-state index is 0.495. The van der Waals surface area contributed by atoms with Crippen molar-refractivity contribution in [2.45, 2.75) is 45.1 Å². The summed E-state index contributed by atoms with van der Waals surface area (Å²) in [5.41, 5.74) is 2.77. The lowest BCUT2D eigenvalue weighted by Gasteiger charge is -2.20. The highest BCUT2D eigenvalue weighted by Crippen LogP contribution is 2.30. The molecule has 1 aliphatic carbocycles. The first kappa shape index (κ1) is 14.5. The quantitative estimate of drug-likeness (QED) is 0.867. The second-order valence-electron chi connectivity index (χ2n) is 6.29. The molecule has 0 amide bonds. The number of rotatable bonds is 4. The molecule has 6 nitrogen and oxygen atoms in total. The SMILES string of the molecule is CCOc1cc(N2CC[C@@H](n3cnc4c3CCCC4)C2)ncn1. The number of fused-ring (bicyclic) bond motifs is 1. The lowest BCUT2D eigenvalue weighted by atomic mass is 10.0. The maximum Gasteiger partial charge on any atom is 0.218 e. The smallest absolute Gasteiger partial charge is 0.218 e. The molecule has 1 atom stereocenters. The molecule has 2 aromatic rings. The molecule has 3 heterocycles. The Balaban J connectivity index is 1.51. The van der Waals surface area contributed by atoms with Crippen LogP contribution in [0.15, 0.2) is 18.7 Å². The fourth-order valence-corrected chi connectivity index (χ4v) is 3.71. The Kier molecular flexibility index (Phi) is 3.89. The van der Waals surface area contributed by atoms with Crippen molar-refractivity contribution in [1.29, 1.82) is 0 Å². The van der Waals surface area contributed by atoms with Crippen molar-refractivity contribution in [2.24, 2.45) is 0 Å². The largest absolute Gasteiger partial charge is 0.478 e. The zero-order chi connectivity index (χ0) is 15.6. The van der Waals surface area contributed by atoms with Crippen molar-refractivity contribution in [1.82, 2.24) is 19.5 Å². The van der Waals surface area contributed by atoms with Gasteiger partial charge in [-0.15, -0.1) is 0 Å². The van der Waals surface area contributed by atoms with Gasteiger partial charge in [-0.3, -0.25) is 0 Å². The maximum absolute atomic E-state index is 5.49. The van der Waals surface area contributed by atoms with Gasteiger partial charge in [0.15, 0.2) is 0 Å². The summed E-state index contributed by atoms with van der Waals surface area (Å²) in [7, 11) is 0. The molecule has 2 aromatic heterocycles. The van der Waals surface area contributed by atoms with Crippen molar-refractivity contribution in [3.63, 3.8) is 0 Å². The lowest BCUT2D eigenvalue weighted by molar-refractivity contribution is 0.326. The van der Waals surface area contributed by atoms with Crippen molar-refractivity contribution in [2.75, 3.05) is 24.6 Å². The molecule has 0 N–H and O–H groups in total. The molecule has 1 aliphatic heterocycles. The number of hydrogen-bond donors (Lipinski definition) is 0. The van der Waals surface area contributed by atoms with Crippen LogP contribution in [-0.2, 0) is 12.8 Å². The van der Waals surface area contributed by atoms with E-state index in [-0.39, 0.29) is 0 Å². The highest BCUT2D eigenvalue weighted by atomic mass is 16.5. The maximum atomic E-state index is 5.49. The fourth-order valence-electron chi connectivity index (χ4n) is 3.71. The number of aromatic nitrogens is 4. The van der Waals surface area contributed by atoms with E-state index >= 15 is 0 Å². The predicted molar refractivity (Wildman–Crippen MR) is 87.9 cm³/mol. The molecule has 4 rings (SSSR count). The molecule has 122 valence electrons. The standard InChI is InChI=1S/C17H23N5O/c1-2-23-17-9-16(18-11-19-17)21-8-7-13(10-21)22-12-20-14-5-3-4-6-15(14)22/h9,11-13H,2-8,10H2,1H3/t13-/m1/s1. The van der Waals surface area contributed by atoms with E-state index in [2.05, 4.69) is 30.7 Å². The summed E-state index contributed by atoms with van der Waals surface area (Å²) < 4.78 is 7.90. The average Bonchev–Trinajstić information content (AvgIpc) is 3.22. The second kappa shape index (κ2) is 6.18. The molecule has 0 bridgehead atoms. The van der Waals surface area contributed by atoms with Gasteiger partial charge in [0, 0.05) is 24.8 Å². The van der Waals surface area contributed by atoms with Crippen LogP contribution in [0, 0.1) is 0 Å². The number of anilines is 1. The third kappa shape index (κ3) is 2.78. The molecule has 0 spiro atoms. The zero-order valence-corrected chi connectivity index (χ0v) is 13.6. The molecule has 1 fully saturated rings. The van der Waals surface area contributed by atoms with Crippen LogP contribution in [0.4, 0.5) is 5.82 Å². The van der Waals surface area contributed by atoms with Crippen LogP contribution >= 0.6 is 0 Å². The van der Waals surface area contributed by atoms with Crippen molar-refractivity contribution < 1.29 is 4.74 Å². The molecule has 23 heavy (non-hydrogen) atoms. The summed E-state index contributed by atoms with van der Waals surface area (Å²) in [5.74, 6) is 1.61. The minimum Gasteiger partial charge on any atom is -0.478 e. The van der Waals surface area contributed by atoms with E-state index in [9.17, 15) is 0 Å². The zero-order valence-electron chi connectivity index (χ0n) is 13.6. The van der Waals surface area contributed by atoms with Gasteiger partial charge in [0.25, 0.3) is 0 Å². The van der Waals surface area contributed by atoms with Gasteiger partial charge < -0.3 is 14.2 Å². The van der Waals surface area contributed by atoms with Crippen molar-refractivity contribution in [3.05, 3.63) is 30.1 Å². The van der Waals surface area contributed by atoms with Crippen LogP contribution in [0.2, 0.25) is 0 Å². The van der Waals surface area contributed by atoms with Gasteiger partial charge in [-0.25, -0.2) is 15.0 Å². The summed E-state index contributed by atoms with van der Waals surface area (Å²) >= 11 is 0. The average molecular weight is 313 g/mol. The Labute approximate surface area is 136 Å². The van der Waals surface area contributed by atoms with Crippen LogP contribution in [0.5, 0.6) is 5.88 Å². The number of ether oxygens (including phenoxy) is 1.